The Morgan fingerprint density at radius 3 is 2.83 bits per heavy atom. The van der Waals surface area contributed by atoms with Crippen molar-refractivity contribution in [2.24, 2.45) is 5.73 Å². The Hall–Kier alpha value is -1.55. The van der Waals surface area contributed by atoms with Crippen LogP contribution in [0.25, 0.3) is 0 Å². The van der Waals surface area contributed by atoms with E-state index < -0.39 is 0 Å². The van der Waals surface area contributed by atoms with Crippen molar-refractivity contribution in [3.05, 3.63) is 29.3 Å². The number of hydrogen-bond donors (Lipinski definition) is 1. The lowest BCUT2D eigenvalue weighted by molar-refractivity contribution is 0.0853. The van der Waals surface area contributed by atoms with E-state index in [1.54, 1.807) is 4.90 Å². The number of hydrogen-bond acceptors (Lipinski definition) is 2. The maximum Gasteiger partial charge on any atom is 0.319 e. The fourth-order valence-electron chi connectivity index (χ4n) is 2.91. The molecule has 2 heterocycles. The van der Waals surface area contributed by atoms with Crippen LogP contribution in [0.4, 0.5) is 10.5 Å². The molecular weight excluding hydrogens is 228 g/mol. The maximum atomic E-state index is 11.4. The minimum absolute atomic E-state index is 0.349. The topological polar surface area (TPSA) is 55.6 Å². The molecule has 4 nitrogen and oxygen atoms in total. The number of rotatable bonds is 1. The quantitative estimate of drug-likeness (QED) is 0.824. The summed E-state index contributed by atoms with van der Waals surface area (Å²) < 4.78 is 5.39. The van der Waals surface area contributed by atoms with E-state index in [1.807, 2.05) is 0 Å². The fourth-order valence-corrected chi connectivity index (χ4v) is 2.91. The smallest absolute Gasteiger partial charge is 0.319 e. The number of amides is 2. The minimum Gasteiger partial charge on any atom is -0.381 e. The highest BCUT2D eigenvalue weighted by Gasteiger charge is 2.25. The highest BCUT2D eigenvalue weighted by molar-refractivity contribution is 5.93. The third-order valence-electron chi connectivity index (χ3n) is 3.96. The van der Waals surface area contributed by atoms with E-state index in [2.05, 4.69) is 18.2 Å². The van der Waals surface area contributed by atoms with Gasteiger partial charge >= 0.3 is 6.03 Å². The molecule has 1 saturated heterocycles. The molecule has 1 fully saturated rings. The van der Waals surface area contributed by atoms with Crippen LogP contribution in [0.1, 0.15) is 29.9 Å². The van der Waals surface area contributed by atoms with Gasteiger partial charge < -0.3 is 10.5 Å². The van der Waals surface area contributed by atoms with Crippen LogP contribution in [0.5, 0.6) is 0 Å². The van der Waals surface area contributed by atoms with Gasteiger partial charge in [-0.25, -0.2) is 4.79 Å². The summed E-state index contributed by atoms with van der Waals surface area (Å²) >= 11 is 0. The summed E-state index contributed by atoms with van der Waals surface area (Å²) in [5.41, 5.74) is 8.95. The number of anilines is 1. The van der Waals surface area contributed by atoms with E-state index >= 15 is 0 Å². The van der Waals surface area contributed by atoms with Gasteiger partial charge in [0.25, 0.3) is 0 Å². The lowest BCUT2D eigenvalue weighted by Crippen LogP contribution is -2.34. The van der Waals surface area contributed by atoms with Gasteiger partial charge in [-0.05, 0) is 42.4 Å². The van der Waals surface area contributed by atoms with Gasteiger partial charge in [0, 0.05) is 25.4 Å². The lowest BCUT2D eigenvalue weighted by Gasteiger charge is -2.23. The van der Waals surface area contributed by atoms with E-state index in [-0.39, 0.29) is 6.03 Å². The molecule has 0 bridgehead atoms. The molecule has 4 heteroatoms. The zero-order valence-electron chi connectivity index (χ0n) is 10.4. The molecule has 3 rings (SSSR count). The van der Waals surface area contributed by atoms with Crippen LogP contribution >= 0.6 is 0 Å². The SMILES string of the molecule is NC(=O)N1CCc2ccc(C3CCOCC3)cc21. The number of urea groups is 1. The van der Waals surface area contributed by atoms with Crippen molar-refractivity contribution in [2.75, 3.05) is 24.7 Å². The average Bonchev–Trinajstić information content (AvgIpc) is 2.82. The summed E-state index contributed by atoms with van der Waals surface area (Å²) in [6, 6.07) is 6.13. The minimum atomic E-state index is -0.349. The van der Waals surface area contributed by atoms with Crippen LogP contribution in [0, 0.1) is 0 Å². The van der Waals surface area contributed by atoms with Crippen LogP contribution < -0.4 is 10.6 Å². The number of primary amides is 1. The van der Waals surface area contributed by atoms with Gasteiger partial charge in [-0.3, -0.25) is 4.90 Å². The molecule has 0 atom stereocenters. The molecule has 18 heavy (non-hydrogen) atoms. The first-order chi connectivity index (χ1) is 8.75. The normalized spacial score (nSPS) is 19.9. The number of ether oxygens (including phenoxy) is 1. The Labute approximate surface area is 107 Å². The van der Waals surface area contributed by atoms with Gasteiger partial charge in [0.15, 0.2) is 0 Å². The number of carbonyl (C=O) groups is 1. The van der Waals surface area contributed by atoms with Crippen LogP contribution in [-0.2, 0) is 11.2 Å². The average molecular weight is 246 g/mol. The molecule has 0 saturated carbocycles. The number of nitrogens with zero attached hydrogens (tertiary/aromatic N) is 1. The van der Waals surface area contributed by atoms with Gasteiger partial charge in [-0.15, -0.1) is 0 Å². The first-order valence-electron chi connectivity index (χ1n) is 6.53. The van der Waals surface area contributed by atoms with E-state index in [1.165, 1.54) is 11.1 Å². The second-order valence-electron chi connectivity index (χ2n) is 5.01. The van der Waals surface area contributed by atoms with Crippen molar-refractivity contribution in [1.29, 1.82) is 0 Å². The molecule has 2 aliphatic rings. The molecule has 0 radical (unpaired) electrons. The van der Waals surface area contributed by atoms with Crippen LogP contribution in [0.15, 0.2) is 18.2 Å². The zero-order chi connectivity index (χ0) is 12.5. The molecule has 0 spiro atoms. The number of nitrogens with two attached hydrogens (primary N) is 1. The lowest BCUT2D eigenvalue weighted by atomic mass is 9.90. The number of carbonyl (C=O) groups excluding carboxylic acids is 1. The monoisotopic (exact) mass is 246 g/mol. The number of benzene rings is 1. The highest BCUT2D eigenvalue weighted by Crippen LogP contribution is 2.34. The standard InChI is InChI=1S/C14H18N2O2/c15-14(17)16-6-3-11-1-2-12(9-13(11)16)10-4-7-18-8-5-10/h1-2,9-10H,3-8H2,(H2,15,17). The molecule has 96 valence electrons. The van der Waals surface area contributed by atoms with Crippen molar-refractivity contribution in [3.63, 3.8) is 0 Å². The van der Waals surface area contributed by atoms with E-state index in [0.717, 1.165) is 38.2 Å². The first-order valence-corrected chi connectivity index (χ1v) is 6.53. The third kappa shape index (κ3) is 1.97. The predicted molar refractivity (Wildman–Crippen MR) is 69.9 cm³/mol. The molecule has 2 N–H and O–H groups in total. The second-order valence-corrected chi connectivity index (χ2v) is 5.01. The van der Waals surface area contributed by atoms with Crippen molar-refractivity contribution < 1.29 is 9.53 Å². The van der Waals surface area contributed by atoms with Crippen molar-refractivity contribution in [1.82, 2.24) is 0 Å². The summed E-state index contributed by atoms with van der Waals surface area (Å²) in [6.45, 7) is 2.38. The molecule has 2 aliphatic heterocycles. The summed E-state index contributed by atoms with van der Waals surface area (Å²) in [5, 5.41) is 0. The summed E-state index contributed by atoms with van der Waals surface area (Å²) in [7, 11) is 0. The molecule has 0 aromatic heterocycles. The molecule has 1 aromatic rings. The van der Waals surface area contributed by atoms with Crippen LogP contribution in [-0.4, -0.2) is 25.8 Å². The Morgan fingerprint density at radius 1 is 1.33 bits per heavy atom. The van der Waals surface area contributed by atoms with E-state index in [0.29, 0.717) is 12.5 Å². The van der Waals surface area contributed by atoms with Crippen molar-refractivity contribution in [2.45, 2.75) is 25.2 Å². The Balaban J connectivity index is 1.90. The van der Waals surface area contributed by atoms with Crippen LogP contribution in [0.3, 0.4) is 0 Å². The van der Waals surface area contributed by atoms with Crippen molar-refractivity contribution >= 4 is 11.7 Å². The van der Waals surface area contributed by atoms with Gasteiger partial charge in [0.2, 0.25) is 0 Å². The Kier molecular flexibility index (Phi) is 2.96. The fraction of sp³-hybridized carbons (Fsp3) is 0.500. The van der Waals surface area contributed by atoms with E-state index in [4.69, 9.17) is 10.5 Å². The molecule has 1 aromatic carbocycles. The zero-order valence-corrected chi connectivity index (χ0v) is 10.4. The molecule has 2 amide bonds. The van der Waals surface area contributed by atoms with Gasteiger partial charge in [-0.2, -0.15) is 0 Å². The summed E-state index contributed by atoms with van der Waals surface area (Å²) in [4.78, 5) is 13.1. The third-order valence-corrected chi connectivity index (χ3v) is 3.96. The molecule has 0 aliphatic carbocycles. The van der Waals surface area contributed by atoms with E-state index in [9.17, 15) is 4.79 Å². The Morgan fingerprint density at radius 2 is 2.11 bits per heavy atom. The molecular formula is C14H18N2O2. The van der Waals surface area contributed by atoms with Gasteiger partial charge in [0.05, 0.1) is 0 Å². The second kappa shape index (κ2) is 4.61. The van der Waals surface area contributed by atoms with Crippen LogP contribution in [0.2, 0.25) is 0 Å². The van der Waals surface area contributed by atoms with Crippen molar-refractivity contribution in [3.8, 4) is 0 Å². The van der Waals surface area contributed by atoms with Gasteiger partial charge in [0.1, 0.15) is 0 Å². The molecule has 0 unspecified atom stereocenters. The maximum absolute atomic E-state index is 11.4. The number of fused-ring (bicyclic) bond motifs is 1. The largest absolute Gasteiger partial charge is 0.381 e. The predicted octanol–water partition coefficient (Wildman–Crippen LogP) is 2.02. The summed E-state index contributed by atoms with van der Waals surface area (Å²) in [5.74, 6) is 0.555. The Bertz CT molecular complexity index is 467. The highest BCUT2D eigenvalue weighted by atomic mass is 16.5. The summed E-state index contributed by atoms with van der Waals surface area (Å²) in [6.07, 6.45) is 3.04. The van der Waals surface area contributed by atoms with Gasteiger partial charge in [-0.1, -0.05) is 12.1 Å². The first kappa shape index (κ1) is 11.5.